The number of nitrogens with one attached hydrogen (secondary N) is 1. The monoisotopic (exact) mass is 255 g/mol. The van der Waals surface area contributed by atoms with Gasteiger partial charge in [0.15, 0.2) is 0 Å². The van der Waals surface area contributed by atoms with Gasteiger partial charge in [0.1, 0.15) is 5.82 Å². The lowest BCUT2D eigenvalue weighted by Crippen LogP contribution is -2.42. The molecule has 0 bridgehead atoms. The highest BCUT2D eigenvalue weighted by Crippen LogP contribution is 2.13. The maximum Gasteiger partial charge on any atom is 0.123 e. The molecule has 0 amide bonds. The first-order chi connectivity index (χ1) is 8.49. The summed E-state index contributed by atoms with van der Waals surface area (Å²) >= 11 is 0. The SMILES string of the molecule is CC(Cc1ccc(F)cc1)NCC(C)(CO)CO. The molecule has 3 nitrogen and oxygen atoms in total. The van der Waals surface area contributed by atoms with E-state index < -0.39 is 5.41 Å². The zero-order valence-corrected chi connectivity index (χ0v) is 11.0. The molecule has 0 aliphatic heterocycles. The van der Waals surface area contributed by atoms with Crippen LogP contribution in [0.5, 0.6) is 0 Å². The van der Waals surface area contributed by atoms with Crippen molar-refractivity contribution >= 4 is 0 Å². The van der Waals surface area contributed by atoms with Crippen molar-refractivity contribution in [2.24, 2.45) is 5.41 Å². The minimum Gasteiger partial charge on any atom is -0.396 e. The van der Waals surface area contributed by atoms with Crippen LogP contribution in [0.25, 0.3) is 0 Å². The van der Waals surface area contributed by atoms with Gasteiger partial charge in [0.05, 0.1) is 13.2 Å². The Morgan fingerprint density at radius 1 is 1.22 bits per heavy atom. The topological polar surface area (TPSA) is 52.5 Å². The van der Waals surface area contributed by atoms with Gasteiger partial charge in [0, 0.05) is 18.0 Å². The van der Waals surface area contributed by atoms with Crippen molar-refractivity contribution in [3.63, 3.8) is 0 Å². The molecule has 102 valence electrons. The van der Waals surface area contributed by atoms with Crippen LogP contribution < -0.4 is 5.32 Å². The van der Waals surface area contributed by atoms with E-state index >= 15 is 0 Å². The number of rotatable bonds is 7. The van der Waals surface area contributed by atoms with Crippen LogP contribution in [0.3, 0.4) is 0 Å². The smallest absolute Gasteiger partial charge is 0.123 e. The molecule has 0 radical (unpaired) electrons. The second-order valence-electron chi connectivity index (χ2n) is 5.24. The van der Waals surface area contributed by atoms with E-state index in [9.17, 15) is 14.6 Å². The van der Waals surface area contributed by atoms with Crippen LogP contribution in [0.1, 0.15) is 19.4 Å². The predicted octanol–water partition coefficient (Wildman–Crippen LogP) is 1.34. The fraction of sp³-hybridized carbons (Fsp3) is 0.571. The third kappa shape index (κ3) is 4.72. The number of hydrogen-bond donors (Lipinski definition) is 3. The summed E-state index contributed by atoms with van der Waals surface area (Å²) in [4.78, 5) is 0. The molecule has 3 N–H and O–H groups in total. The van der Waals surface area contributed by atoms with Gasteiger partial charge in [0.2, 0.25) is 0 Å². The molecule has 0 spiro atoms. The molecular weight excluding hydrogens is 233 g/mol. The van der Waals surface area contributed by atoms with Gasteiger partial charge < -0.3 is 15.5 Å². The van der Waals surface area contributed by atoms with Crippen LogP contribution >= 0.6 is 0 Å². The first-order valence-corrected chi connectivity index (χ1v) is 6.18. The molecule has 0 fully saturated rings. The number of aliphatic hydroxyl groups excluding tert-OH is 2. The molecule has 0 saturated heterocycles. The first-order valence-electron chi connectivity index (χ1n) is 6.18. The van der Waals surface area contributed by atoms with E-state index in [0.29, 0.717) is 6.54 Å². The molecule has 0 aromatic heterocycles. The van der Waals surface area contributed by atoms with Gasteiger partial charge in [-0.25, -0.2) is 4.39 Å². The van der Waals surface area contributed by atoms with E-state index in [0.717, 1.165) is 12.0 Å². The molecule has 0 aliphatic rings. The highest BCUT2D eigenvalue weighted by molar-refractivity contribution is 5.17. The molecule has 1 atom stereocenters. The van der Waals surface area contributed by atoms with Crippen LogP contribution in [0, 0.1) is 11.2 Å². The number of benzene rings is 1. The summed E-state index contributed by atoms with van der Waals surface area (Å²) in [7, 11) is 0. The summed E-state index contributed by atoms with van der Waals surface area (Å²) < 4.78 is 12.7. The lowest BCUT2D eigenvalue weighted by Gasteiger charge is -2.27. The van der Waals surface area contributed by atoms with Crippen LogP contribution in [-0.4, -0.2) is 36.0 Å². The Morgan fingerprint density at radius 2 is 1.78 bits per heavy atom. The van der Waals surface area contributed by atoms with Crippen LogP contribution in [0.15, 0.2) is 24.3 Å². The van der Waals surface area contributed by atoms with Gasteiger partial charge in [-0.2, -0.15) is 0 Å². The molecule has 1 aromatic carbocycles. The maximum atomic E-state index is 12.7. The lowest BCUT2D eigenvalue weighted by atomic mass is 9.92. The van der Waals surface area contributed by atoms with Gasteiger partial charge in [-0.05, 0) is 31.0 Å². The maximum absolute atomic E-state index is 12.7. The summed E-state index contributed by atoms with van der Waals surface area (Å²) in [6, 6.07) is 6.64. The summed E-state index contributed by atoms with van der Waals surface area (Å²) in [5, 5.41) is 21.6. The van der Waals surface area contributed by atoms with Crippen LogP contribution in [0.4, 0.5) is 4.39 Å². The average Bonchev–Trinajstić information content (AvgIpc) is 2.39. The second kappa shape index (κ2) is 6.83. The standard InChI is InChI=1S/C14H22FNO2/c1-11(16-8-14(2,9-17)10-18)7-12-3-5-13(15)6-4-12/h3-6,11,16-18H,7-10H2,1-2H3. The zero-order valence-electron chi connectivity index (χ0n) is 11.0. The van der Waals surface area contributed by atoms with Crippen molar-refractivity contribution < 1.29 is 14.6 Å². The number of halogens is 1. The fourth-order valence-corrected chi connectivity index (χ4v) is 1.63. The van der Waals surface area contributed by atoms with Gasteiger partial charge in [-0.15, -0.1) is 0 Å². The van der Waals surface area contributed by atoms with Crippen molar-refractivity contribution in [2.75, 3.05) is 19.8 Å². The van der Waals surface area contributed by atoms with Crippen molar-refractivity contribution in [3.8, 4) is 0 Å². The molecular formula is C14H22FNO2. The summed E-state index contributed by atoms with van der Waals surface area (Å²) in [5.74, 6) is -0.229. The van der Waals surface area contributed by atoms with Gasteiger partial charge >= 0.3 is 0 Å². The molecule has 4 heteroatoms. The first kappa shape index (κ1) is 15.1. The number of hydrogen-bond acceptors (Lipinski definition) is 3. The van der Waals surface area contributed by atoms with E-state index in [4.69, 9.17) is 0 Å². The highest BCUT2D eigenvalue weighted by Gasteiger charge is 2.22. The molecule has 1 rings (SSSR count). The Kier molecular flexibility index (Phi) is 5.72. The van der Waals surface area contributed by atoms with Crippen molar-refractivity contribution in [1.29, 1.82) is 0 Å². The van der Waals surface area contributed by atoms with Crippen molar-refractivity contribution in [2.45, 2.75) is 26.3 Å². The molecule has 1 unspecified atom stereocenters. The summed E-state index contributed by atoms with van der Waals surface area (Å²) in [6.07, 6.45) is 0.785. The largest absolute Gasteiger partial charge is 0.396 e. The molecule has 0 saturated carbocycles. The summed E-state index contributed by atoms with van der Waals surface area (Å²) in [6.45, 7) is 4.28. The minimum absolute atomic E-state index is 0.0558. The normalized spacial score (nSPS) is 13.6. The number of aliphatic hydroxyl groups is 2. The van der Waals surface area contributed by atoms with Crippen molar-refractivity contribution in [1.82, 2.24) is 5.32 Å². The minimum atomic E-state index is -0.503. The zero-order chi connectivity index (χ0) is 13.6. The highest BCUT2D eigenvalue weighted by atomic mass is 19.1. The fourth-order valence-electron chi connectivity index (χ4n) is 1.63. The quantitative estimate of drug-likeness (QED) is 0.689. The van der Waals surface area contributed by atoms with E-state index in [2.05, 4.69) is 5.32 Å². The second-order valence-corrected chi connectivity index (χ2v) is 5.24. The molecule has 0 heterocycles. The van der Waals surface area contributed by atoms with E-state index in [1.807, 2.05) is 13.8 Å². The van der Waals surface area contributed by atoms with E-state index in [-0.39, 0.29) is 25.1 Å². The third-order valence-electron chi connectivity index (χ3n) is 3.10. The van der Waals surface area contributed by atoms with Crippen LogP contribution in [-0.2, 0) is 6.42 Å². The van der Waals surface area contributed by atoms with Gasteiger partial charge in [-0.3, -0.25) is 0 Å². The lowest BCUT2D eigenvalue weighted by molar-refractivity contribution is 0.0678. The van der Waals surface area contributed by atoms with E-state index in [1.54, 1.807) is 12.1 Å². The third-order valence-corrected chi connectivity index (χ3v) is 3.10. The molecule has 0 aliphatic carbocycles. The average molecular weight is 255 g/mol. The van der Waals surface area contributed by atoms with Gasteiger partial charge in [0.25, 0.3) is 0 Å². The Labute approximate surface area is 108 Å². The van der Waals surface area contributed by atoms with Gasteiger partial charge in [-0.1, -0.05) is 19.1 Å². The molecule has 18 heavy (non-hydrogen) atoms. The van der Waals surface area contributed by atoms with Crippen molar-refractivity contribution in [3.05, 3.63) is 35.6 Å². The Hall–Kier alpha value is -0.970. The summed E-state index contributed by atoms with van der Waals surface area (Å²) in [5.41, 5.74) is 0.558. The van der Waals surface area contributed by atoms with E-state index in [1.165, 1.54) is 12.1 Å². The Morgan fingerprint density at radius 3 is 2.28 bits per heavy atom. The molecule has 1 aromatic rings. The predicted molar refractivity (Wildman–Crippen MR) is 69.8 cm³/mol. The van der Waals surface area contributed by atoms with Crippen LogP contribution in [0.2, 0.25) is 0 Å². The Bertz CT molecular complexity index is 349. The Balaban J connectivity index is 2.42.